The Morgan fingerprint density at radius 2 is 0.506 bits per heavy atom. The molecule has 0 amide bonds. The van der Waals surface area contributed by atoms with Gasteiger partial charge in [0.25, 0.3) is 0 Å². The minimum absolute atomic E-state index is 0.0877. The van der Waals surface area contributed by atoms with Crippen molar-refractivity contribution in [3.63, 3.8) is 0 Å². The zero-order chi connectivity index (χ0) is 55.7. The number of hydrogen-bond acceptors (Lipinski definition) is 6. The van der Waals surface area contributed by atoms with Gasteiger partial charge in [-0.25, -0.2) is 0 Å². The summed E-state index contributed by atoms with van der Waals surface area (Å²) < 4.78 is 16.8. The number of ether oxygens (including phenoxy) is 3. The third-order valence-electron chi connectivity index (χ3n) is 13.1. The van der Waals surface area contributed by atoms with Crippen LogP contribution in [-0.4, -0.2) is 37.2 Å². The summed E-state index contributed by atoms with van der Waals surface area (Å²) in [6.45, 7) is 6.44. The highest BCUT2D eigenvalue weighted by atomic mass is 16.6. The van der Waals surface area contributed by atoms with E-state index in [1.807, 2.05) is 0 Å². The van der Waals surface area contributed by atoms with Gasteiger partial charge in [-0.05, 0) is 122 Å². The van der Waals surface area contributed by atoms with Crippen molar-refractivity contribution in [2.24, 2.45) is 0 Å². The van der Waals surface area contributed by atoms with Crippen LogP contribution in [0.5, 0.6) is 0 Å². The maximum atomic E-state index is 12.8. The van der Waals surface area contributed by atoms with Crippen LogP contribution in [0, 0.1) is 0 Å². The molecule has 0 fully saturated rings. The number of allylic oxidation sites excluding steroid dienone is 22. The number of unbranched alkanes of at least 4 members (excludes halogenated alkanes) is 23. The second-order valence-corrected chi connectivity index (χ2v) is 20.6. The Balaban J connectivity index is 4.18. The van der Waals surface area contributed by atoms with Gasteiger partial charge in [0.2, 0.25) is 0 Å². The summed E-state index contributed by atoms with van der Waals surface area (Å²) in [6.07, 6.45) is 90.5. The largest absolute Gasteiger partial charge is 0.462 e. The molecular weight excluding hydrogens is 949 g/mol. The van der Waals surface area contributed by atoms with E-state index in [2.05, 4.69) is 154 Å². The molecule has 6 nitrogen and oxygen atoms in total. The lowest BCUT2D eigenvalue weighted by atomic mass is 10.1. The van der Waals surface area contributed by atoms with E-state index in [4.69, 9.17) is 14.2 Å². The van der Waals surface area contributed by atoms with Crippen LogP contribution >= 0.6 is 0 Å². The fraction of sp³-hybridized carbons (Fsp3) is 0.648. The van der Waals surface area contributed by atoms with Crippen molar-refractivity contribution < 1.29 is 28.6 Å². The number of hydrogen-bond donors (Lipinski definition) is 0. The summed E-state index contributed by atoms with van der Waals surface area (Å²) in [7, 11) is 0. The van der Waals surface area contributed by atoms with Crippen molar-refractivity contribution >= 4 is 17.9 Å². The SMILES string of the molecule is CC/C=C\C/C=C\C/C=C\C/C=C\C/C=C\C/C=C\C/C=C\C/C=C\CCCCCCCCCCC(=O)OCC(COC(=O)CCCCCCCCC)OC(=O)CCCCCCCC/C=C\C/C=C\C/C=C\CCCCC. The second-order valence-electron chi connectivity index (χ2n) is 20.6. The molecule has 0 bridgehead atoms. The highest BCUT2D eigenvalue weighted by Gasteiger charge is 2.19. The van der Waals surface area contributed by atoms with Crippen molar-refractivity contribution in [2.75, 3.05) is 13.2 Å². The molecule has 0 radical (unpaired) electrons. The molecule has 0 aliphatic rings. The van der Waals surface area contributed by atoms with Crippen molar-refractivity contribution in [2.45, 2.75) is 284 Å². The Labute approximate surface area is 475 Å². The van der Waals surface area contributed by atoms with Crippen molar-refractivity contribution in [1.82, 2.24) is 0 Å². The van der Waals surface area contributed by atoms with Gasteiger partial charge >= 0.3 is 17.9 Å². The Morgan fingerprint density at radius 1 is 0.273 bits per heavy atom. The third-order valence-corrected chi connectivity index (χ3v) is 13.1. The van der Waals surface area contributed by atoms with Gasteiger partial charge < -0.3 is 14.2 Å². The maximum absolute atomic E-state index is 12.8. The lowest BCUT2D eigenvalue weighted by molar-refractivity contribution is -0.167. The van der Waals surface area contributed by atoms with E-state index >= 15 is 0 Å². The molecule has 0 aliphatic carbocycles. The Kier molecular flexibility index (Phi) is 60.4. The van der Waals surface area contributed by atoms with Gasteiger partial charge in [0.15, 0.2) is 6.10 Å². The standard InChI is InChI=1S/C71H116O6/c1-4-7-10-13-16-18-20-22-24-26-28-29-30-31-32-33-34-35-36-37-38-39-40-41-43-44-46-48-50-52-55-58-61-64-70(73)76-67-68(66-75-69(72)63-60-57-54-15-12-9-6-3)77-71(74)65-62-59-56-53-51-49-47-45-42-27-25-23-21-19-17-14-11-8-5-2/h7,10,16-19,22-25,28-29,31-32,34-35,37-38,40-42,45,68H,4-6,8-9,11-15,20-21,26-27,30,33,36,39,43-44,46-67H2,1-3H3/b10-7-,18-16-,19-17-,24-22-,25-23-,29-28-,32-31-,35-34-,38-37-,41-40-,45-42-. The molecule has 6 heteroatoms. The third kappa shape index (κ3) is 62.3. The molecule has 77 heavy (non-hydrogen) atoms. The molecule has 0 saturated heterocycles. The first-order chi connectivity index (χ1) is 38.0. The average molecular weight is 1070 g/mol. The molecular formula is C71H116O6. The summed E-state index contributed by atoms with van der Waals surface area (Å²) in [5.41, 5.74) is 0. The Morgan fingerprint density at radius 3 is 0.818 bits per heavy atom. The van der Waals surface area contributed by atoms with Gasteiger partial charge in [-0.15, -0.1) is 0 Å². The van der Waals surface area contributed by atoms with Gasteiger partial charge in [-0.3, -0.25) is 14.4 Å². The Hall–Kier alpha value is -4.45. The van der Waals surface area contributed by atoms with Crippen LogP contribution in [0.3, 0.4) is 0 Å². The number of carbonyl (C=O) groups is 3. The van der Waals surface area contributed by atoms with Crippen LogP contribution in [0.25, 0.3) is 0 Å². The highest BCUT2D eigenvalue weighted by Crippen LogP contribution is 2.15. The predicted molar refractivity (Wildman–Crippen MR) is 334 cm³/mol. The molecule has 0 aromatic carbocycles. The molecule has 0 heterocycles. The van der Waals surface area contributed by atoms with Gasteiger partial charge in [0.05, 0.1) is 0 Å². The van der Waals surface area contributed by atoms with Crippen LogP contribution in [0.4, 0.5) is 0 Å². The van der Waals surface area contributed by atoms with E-state index < -0.39 is 6.10 Å². The Bertz CT molecular complexity index is 1650. The first-order valence-electron chi connectivity index (χ1n) is 31.7. The fourth-order valence-corrected chi connectivity index (χ4v) is 8.41. The molecule has 0 rings (SSSR count). The van der Waals surface area contributed by atoms with Gasteiger partial charge in [0, 0.05) is 19.3 Å². The van der Waals surface area contributed by atoms with Crippen molar-refractivity contribution in [3.05, 3.63) is 134 Å². The summed E-state index contributed by atoms with van der Waals surface area (Å²) in [4.78, 5) is 38.0. The normalized spacial score (nSPS) is 13.0. The van der Waals surface area contributed by atoms with Gasteiger partial charge in [-0.2, -0.15) is 0 Å². The summed E-state index contributed by atoms with van der Waals surface area (Å²) in [5.74, 6) is -0.916. The minimum atomic E-state index is -0.790. The molecule has 0 aliphatic heterocycles. The van der Waals surface area contributed by atoms with E-state index in [1.54, 1.807) is 0 Å². The monoisotopic (exact) mass is 1060 g/mol. The lowest BCUT2D eigenvalue weighted by Gasteiger charge is -2.18. The molecule has 0 spiro atoms. The van der Waals surface area contributed by atoms with E-state index in [0.29, 0.717) is 19.3 Å². The average Bonchev–Trinajstić information content (AvgIpc) is 3.43. The smallest absolute Gasteiger partial charge is 0.306 e. The predicted octanol–water partition coefficient (Wildman–Crippen LogP) is 21.8. The van der Waals surface area contributed by atoms with E-state index in [9.17, 15) is 14.4 Å². The van der Waals surface area contributed by atoms with Gasteiger partial charge in [0.1, 0.15) is 13.2 Å². The van der Waals surface area contributed by atoms with Crippen LogP contribution < -0.4 is 0 Å². The fourth-order valence-electron chi connectivity index (χ4n) is 8.41. The molecule has 1 unspecified atom stereocenters. The topological polar surface area (TPSA) is 78.9 Å². The first-order valence-corrected chi connectivity index (χ1v) is 31.7. The minimum Gasteiger partial charge on any atom is -0.462 e. The van der Waals surface area contributed by atoms with Gasteiger partial charge in [-0.1, -0.05) is 270 Å². The second kappa shape index (κ2) is 64.1. The number of rotatable bonds is 56. The van der Waals surface area contributed by atoms with E-state index in [1.165, 1.54) is 96.3 Å². The van der Waals surface area contributed by atoms with Crippen molar-refractivity contribution in [3.8, 4) is 0 Å². The molecule has 0 aromatic rings. The number of carbonyl (C=O) groups excluding carboxylic acids is 3. The van der Waals surface area contributed by atoms with Crippen LogP contribution in [0.15, 0.2) is 134 Å². The maximum Gasteiger partial charge on any atom is 0.306 e. The van der Waals surface area contributed by atoms with E-state index in [-0.39, 0.29) is 31.1 Å². The summed E-state index contributed by atoms with van der Waals surface area (Å²) in [5, 5.41) is 0. The highest BCUT2D eigenvalue weighted by molar-refractivity contribution is 5.71. The molecule has 0 N–H and O–H groups in total. The number of esters is 3. The summed E-state index contributed by atoms with van der Waals surface area (Å²) in [6, 6.07) is 0. The van der Waals surface area contributed by atoms with Crippen LogP contribution in [0.2, 0.25) is 0 Å². The molecule has 1 atom stereocenters. The quantitative estimate of drug-likeness (QED) is 0.0261. The van der Waals surface area contributed by atoms with E-state index in [0.717, 1.165) is 141 Å². The summed E-state index contributed by atoms with van der Waals surface area (Å²) >= 11 is 0. The van der Waals surface area contributed by atoms with Crippen LogP contribution in [0.1, 0.15) is 278 Å². The van der Waals surface area contributed by atoms with Crippen molar-refractivity contribution in [1.29, 1.82) is 0 Å². The zero-order valence-corrected chi connectivity index (χ0v) is 49.9. The molecule has 436 valence electrons. The molecule has 0 aromatic heterocycles. The zero-order valence-electron chi connectivity index (χ0n) is 49.9. The molecule has 0 saturated carbocycles. The first kappa shape index (κ1) is 72.5. The van der Waals surface area contributed by atoms with Crippen LogP contribution in [-0.2, 0) is 28.6 Å². The lowest BCUT2D eigenvalue weighted by Crippen LogP contribution is -2.30.